The molecule has 0 atom stereocenters. The number of halogens is 1. The Morgan fingerprint density at radius 1 is 1.35 bits per heavy atom. The van der Waals surface area contributed by atoms with Crippen molar-refractivity contribution in [2.75, 3.05) is 25.6 Å². The summed E-state index contributed by atoms with van der Waals surface area (Å²) in [6.45, 7) is 2.25. The first-order chi connectivity index (χ1) is 9.42. The van der Waals surface area contributed by atoms with E-state index < -0.39 is 10.0 Å². The Bertz CT molecular complexity index is 548. The molecule has 20 heavy (non-hydrogen) atoms. The summed E-state index contributed by atoms with van der Waals surface area (Å²) < 4.78 is 40.7. The maximum atomic E-state index is 13.9. The maximum Gasteiger partial charge on any atom is 0.240 e. The molecule has 2 N–H and O–H groups in total. The highest BCUT2D eigenvalue weighted by Crippen LogP contribution is 2.19. The van der Waals surface area contributed by atoms with Crippen LogP contribution in [0.1, 0.15) is 17.5 Å². The molecule has 0 aromatic heterocycles. The van der Waals surface area contributed by atoms with Crippen LogP contribution in [0.2, 0.25) is 0 Å². The van der Waals surface area contributed by atoms with Crippen molar-refractivity contribution < 1.29 is 12.8 Å². The molecule has 0 heterocycles. The molecule has 0 saturated heterocycles. The maximum absolute atomic E-state index is 13.9. The largest absolute Gasteiger partial charge is 0.316 e. The molecule has 0 fully saturated rings. The second-order valence-corrected chi connectivity index (χ2v) is 7.24. The van der Waals surface area contributed by atoms with Gasteiger partial charge >= 0.3 is 0 Å². The monoisotopic (exact) mass is 320 g/mol. The molecule has 0 amide bonds. The summed E-state index contributed by atoms with van der Waals surface area (Å²) in [6, 6.07) is 2.75. The van der Waals surface area contributed by atoms with Crippen LogP contribution in [0.4, 0.5) is 4.39 Å². The zero-order valence-corrected chi connectivity index (χ0v) is 13.6. The fourth-order valence-corrected chi connectivity index (χ4v) is 3.43. The molecule has 0 unspecified atom stereocenters. The van der Waals surface area contributed by atoms with Gasteiger partial charge < -0.3 is 5.32 Å². The second-order valence-electron chi connectivity index (χ2n) is 4.49. The van der Waals surface area contributed by atoms with Crippen LogP contribution in [-0.4, -0.2) is 34.0 Å². The minimum atomic E-state index is -3.57. The Morgan fingerprint density at radius 3 is 2.65 bits per heavy atom. The van der Waals surface area contributed by atoms with E-state index in [4.69, 9.17) is 0 Å². The fourth-order valence-electron chi connectivity index (χ4n) is 1.79. The first-order valence-corrected chi connectivity index (χ1v) is 9.22. The third-order valence-electron chi connectivity index (χ3n) is 2.80. The van der Waals surface area contributed by atoms with E-state index in [2.05, 4.69) is 10.0 Å². The molecular weight excluding hydrogens is 299 g/mol. The van der Waals surface area contributed by atoms with E-state index in [1.165, 1.54) is 12.1 Å². The van der Waals surface area contributed by atoms with Gasteiger partial charge in [0.05, 0.1) is 4.90 Å². The van der Waals surface area contributed by atoms with Gasteiger partial charge in [-0.25, -0.2) is 17.5 Å². The lowest BCUT2D eigenvalue weighted by Crippen LogP contribution is -2.25. The van der Waals surface area contributed by atoms with Crippen molar-refractivity contribution in [3.8, 4) is 0 Å². The highest BCUT2D eigenvalue weighted by atomic mass is 32.2. The van der Waals surface area contributed by atoms with E-state index in [1.807, 2.05) is 6.26 Å². The quantitative estimate of drug-likeness (QED) is 0.718. The molecule has 1 aromatic rings. The van der Waals surface area contributed by atoms with Gasteiger partial charge in [-0.3, -0.25) is 0 Å². The summed E-state index contributed by atoms with van der Waals surface area (Å²) in [7, 11) is -1.88. The summed E-state index contributed by atoms with van der Waals surface area (Å²) >= 11 is 1.67. The Labute approximate surface area is 124 Å². The molecule has 4 nitrogen and oxygen atoms in total. The topological polar surface area (TPSA) is 58.2 Å². The standard InChI is InChI=1S/C13H21FN2O2S2/c1-10-7-12(8-11(9-15-2)13(10)14)20(17,18)16-5-4-6-19-3/h7-8,15-16H,4-6,9H2,1-3H3. The molecule has 0 aliphatic heterocycles. The number of hydrogen-bond acceptors (Lipinski definition) is 4. The average molecular weight is 320 g/mol. The predicted octanol–water partition coefficient (Wildman–Crippen LogP) is 1.88. The third-order valence-corrected chi connectivity index (χ3v) is 4.94. The highest BCUT2D eigenvalue weighted by molar-refractivity contribution is 7.98. The molecule has 1 aromatic carbocycles. The van der Waals surface area contributed by atoms with Gasteiger partial charge in [-0.1, -0.05) is 0 Å². The number of sulfonamides is 1. The highest BCUT2D eigenvalue weighted by Gasteiger charge is 2.17. The molecule has 0 bridgehead atoms. The number of rotatable bonds is 8. The van der Waals surface area contributed by atoms with Crippen molar-refractivity contribution in [1.82, 2.24) is 10.0 Å². The normalized spacial score (nSPS) is 11.8. The smallest absolute Gasteiger partial charge is 0.240 e. The van der Waals surface area contributed by atoms with Crippen molar-refractivity contribution in [3.05, 3.63) is 29.1 Å². The van der Waals surface area contributed by atoms with Crippen LogP contribution in [0.25, 0.3) is 0 Å². The number of nitrogens with one attached hydrogen (secondary N) is 2. The number of aryl methyl sites for hydroxylation is 1. The average Bonchev–Trinajstić information content (AvgIpc) is 2.40. The number of benzene rings is 1. The molecule has 0 spiro atoms. The lowest BCUT2D eigenvalue weighted by molar-refractivity contribution is 0.575. The summed E-state index contributed by atoms with van der Waals surface area (Å²) in [5, 5.41) is 2.83. The van der Waals surface area contributed by atoms with Crippen LogP contribution in [0, 0.1) is 12.7 Å². The molecule has 7 heteroatoms. The van der Waals surface area contributed by atoms with Crippen LogP contribution in [-0.2, 0) is 16.6 Å². The van der Waals surface area contributed by atoms with Crippen molar-refractivity contribution in [2.45, 2.75) is 24.8 Å². The van der Waals surface area contributed by atoms with E-state index in [9.17, 15) is 12.8 Å². The van der Waals surface area contributed by atoms with Crippen molar-refractivity contribution in [3.63, 3.8) is 0 Å². The van der Waals surface area contributed by atoms with Crippen molar-refractivity contribution in [2.24, 2.45) is 0 Å². The first kappa shape index (κ1) is 17.4. The third kappa shape index (κ3) is 4.73. The van der Waals surface area contributed by atoms with Crippen LogP contribution >= 0.6 is 11.8 Å². The van der Waals surface area contributed by atoms with Crippen LogP contribution in [0.3, 0.4) is 0 Å². The molecule has 114 valence electrons. The Morgan fingerprint density at radius 2 is 2.05 bits per heavy atom. The zero-order valence-electron chi connectivity index (χ0n) is 12.0. The summed E-state index contributed by atoms with van der Waals surface area (Å²) in [5.41, 5.74) is 0.694. The minimum absolute atomic E-state index is 0.116. The minimum Gasteiger partial charge on any atom is -0.316 e. The van der Waals surface area contributed by atoms with Crippen LogP contribution < -0.4 is 10.0 Å². The van der Waals surface area contributed by atoms with E-state index in [-0.39, 0.29) is 10.7 Å². The van der Waals surface area contributed by atoms with Crippen LogP contribution in [0.5, 0.6) is 0 Å². The second kappa shape index (κ2) is 7.97. The van der Waals surface area contributed by atoms with E-state index in [0.29, 0.717) is 24.2 Å². The van der Waals surface area contributed by atoms with Gasteiger partial charge in [0.2, 0.25) is 10.0 Å². The van der Waals surface area contributed by atoms with Gasteiger partial charge in [0.1, 0.15) is 5.82 Å². The Hall–Kier alpha value is -0.630. The first-order valence-electron chi connectivity index (χ1n) is 6.34. The molecule has 0 aliphatic carbocycles. The fraction of sp³-hybridized carbons (Fsp3) is 0.538. The molecule has 1 rings (SSSR count). The lowest BCUT2D eigenvalue weighted by atomic mass is 10.1. The molecule has 0 aliphatic rings. The summed E-state index contributed by atoms with van der Waals surface area (Å²) in [5.74, 6) is 0.538. The predicted molar refractivity (Wildman–Crippen MR) is 82.1 cm³/mol. The van der Waals surface area contributed by atoms with E-state index in [1.54, 1.807) is 25.7 Å². The summed E-state index contributed by atoms with van der Waals surface area (Å²) in [6.07, 6.45) is 2.74. The molecule has 0 radical (unpaired) electrons. The van der Waals surface area contributed by atoms with Crippen LogP contribution in [0.15, 0.2) is 17.0 Å². The SMILES string of the molecule is CNCc1cc(S(=O)(=O)NCCCSC)cc(C)c1F. The zero-order chi connectivity index (χ0) is 15.2. The Balaban J connectivity index is 2.94. The van der Waals surface area contributed by atoms with Crippen molar-refractivity contribution in [1.29, 1.82) is 0 Å². The van der Waals surface area contributed by atoms with Gasteiger partial charge in [-0.2, -0.15) is 11.8 Å². The Kier molecular flexibility index (Phi) is 6.94. The lowest BCUT2D eigenvalue weighted by Gasteiger charge is -2.11. The number of hydrogen-bond donors (Lipinski definition) is 2. The summed E-state index contributed by atoms with van der Waals surface area (Å²) in [4.78, 5) is 0.116. The number of thioether (sulfide) groups is 1. The van der Waals surface area contributed by atoms with E-state index >= 15 is 0 Å². The van der Waals surface area contributed by atoms with Gasteiger partial charge in [0.25, 0.3) is 0 Å². The van der Waals surface area contributed by atoms with E-state index in [0.717, 1.165) is 12.2 Å². The molecule has 0 saturated carbocycles. The van der Waals surface area contributed by atoms with Gasteiger partial charge in [-0.05, 0) is 50.1 Å². The van der Waals surface area contributed by atoms with Gasteiger partial charge in [0.15, 0.2) is 0 Å². The van der Waals surface area contributed by atoms with Gasteiger partial charge in [-0.15, -0.1) is 0 Å². The van der Waals surface area contributed by atoms with Gasteiger partial charge in [0, 0.05) is 18.7 Å². The van der Waals surface area contributed by atoms with Crippen molar-refractivity contribution >= 4 is 21.8 Å². The molecular formula is C13H21FN2O2S2.